The van der Waals surface area contributed by atoms with Crippen LogP contribution in [0.2, 0.25) is 0 Å². The van der Waals surface area contributed by atoms with E-state index in [2.05, 4.69) is 5.32 Å². The Balaban J connectivity index is 1.60. The van der Waals surface area contributed by atoms with Gasteiger partial charge in [0.2, 0.25) is 23.6 Å². The fourth-order valence-electron chi connectivity index (χ4n) is 4.37. The fourth-order valence-corrected chi connectivity index (χ4v) is 4.37. The van der Waals surface area contributed by atoms with Gasteiger partial charge in [0.15, 0.2) is 0 Å². The normalized spacial score (nSPS) is 29.0. The Morgan fingerprint density at radius 1 is 1.21 bits per heavy atom. The van der Waals surface area contributed by atoms with Crippen LogP contribution < -0.4 is 5.32 Å². The standard InChI is InChI=1S/C18H25N3O7/c1-9(18(26)27)20(8-6-19-10(2)22)13(23)5-7-21-16(24)14-11-3-4-12(28-11)15(14)17(21)25/h9,11-12,14-15H,3-8H2,1-2H3,(H,19,22)(H,26,27). The number of nitrogens with one attached hydrogen (secondary N) is 1. The zero-order chi connectivity index (χ0) is 20.6. The second kappa shape index (κ2) is 7.86. The smallest absolute Gasteiger partial charge is 0.326 e. The van der Waals surface area contributed by atoms with Crippen molar-refractivity contribution in [2.24, 2.45) is 11.8 Å². The zero-order valence-electron chi connectivity index (χ0n) is 15.9. The van der Waals surface area contributed by atoms with E-state index in [0.717, 1.165) is 22.6 Å². The van der Waals surface area contributed by atoms with Crippen molar-refractivity contribution in [3.63, 3.8) is 0 Å². The number of carboxylic acid groups (broad SMARTS) is 1. The minimum absolute atomic E-state index is 0.0248. The number of carbonyl (C=O) groups is 5. The van der Waals surface area contributed by atoms with Crippen molar-refractivity contribution in [3.05, 3.63) is 0 Å². The minimum atomic E-state index is -1.17. The number of nitrogens with zero attached hydrogens (tertiary/aromatic N) is 2. The number of hydrogen-bond donors (Lipinski definition) is 2. The number of likely N-dealkylation sites (tertiary alicyclic amines) is 1. The number of carboxylic acids is 1. The van der Waals surface area contributed by atoms with Crippen molar-refractivity contribution in [2.45, 2.75) is 51.4 Å². The topological polar surface area (TPSA) is 133 Å². The maximum absolute atomic E-state index is 12.6. The lowest BCUT2D eigenvalue weighted by molar-refractivity contribution is -0.150. The monoisotopic (exact) mass is 395 g/mol. The first-order valence-electron chi connectivity index (χ1n) is 9.49. The van der Waals surface area contributed by atoms with Crippen molar-refractivity contribution in [3.8, 4) is 0 Å². The molecular formula is C18H25N3O7. The van der Waals surface area contributed by atoms with Gasteiger partial charge >= 0.3 is 5.97 Å². The molecule has 10 nitrogen and oxygen atoms in total. The van der Waals surface area contributed by atoms with E-state index in [1.165, 1.54) is 13.8 Å². The highest BCUT2D eigenvalue weighted by Crippen LogP contribution is 2.48. The van der Waals surface area contributed by atoms with Gasteiger partial charge in [-0.25, -0.2) is 4.79 Å². The Bertz CT molecular complexity index is 681. The number of fused-ring (bicyclic) bond motifs is 5. The first-order valence-corrected chi connectivity index (χ1v) is 9.49. The summed E-state index contributed by atoms with van der Waals surface area (Å²) in [5, 5.41) is 11.8. The van der Waals surface area contributed by atoms with Crippen LogP contribution in [0.1, 0.15) is 33.1 Å². The molecule has 3 saturated heterocycles. The number of hydrogen-bond acceptors (Lipinski definition) is 6. The van der Waals surface area contributed by atoms with Gasteiger partial charge < -0.3 is 20.1 Å². The average molecular weight is 395 g/mol. The maximum Gasteiger partial charge on any atom is 0.326 e. The number of aliphatic carboxylic acids is 1. The summed E-state index contributed by atoms with van der Waals surface area (Å²) in [6, 6.07) is -1.09. The fraction of sp³-hybridized carbons (Fsp3) is 0.722. The SMILES string of the molecule is CC(=O)NCCN(C(=O)CCN1C(=O)C2C3CCC(O3)C2C1=O)C(C)C(=O)O. The zero-order valence-corrected chi connectivity index (χ0v) is 15.9. The van der Waals surface area contributed by atoms with Crippen LogP contribution in [0, 0.1) is 11.8 Å². The maximum atomic E-state index is 12.6. The Morgan fingerprint density at radius 3 is 2.29 bits per heavy atom. The molecule has 0 saturated carbocycles. The van der Waals surface area contributed by atoms with Crippen LogP contribution in [0.5, 0.6) is 0 Å². The third-order valence-corrected chi connectivity index (χ3v) is 5.80. The van der Waals surface area contributed by atoms with Gasteiger partial charge in [-0.3, -0.25) is 24.1 Å². The van der Waals surface area contributed by atoms with Gasteiger partial charge in [-0.2, -0.15) is 0 Å². The van der Waals surface area contributed by atoms with Crippen LogP contribution in [0.4, 0.5) is 0 Å². The van der Waals surface area contributed by atoms with Gasteiger partial charge in [0.25, 0.3) is 0 Å². The van der Waals surface area contributed by atoms with Crippen molar-refractivity contribution in [1.29, 1.82) is 0 Å². The summed E-state index contributed by atoms with van der Waals surface area (Å²) in [7, 11) is 0. The predicted octanol–water partition coefficient (Wildman–Crippen LogP) is -1.02. The molecule has 0 radical (unpaired) electrons. The Hall–Kier alpha value is -2.49. The lowest BCUT2D eigenvalue weighted by atomic mass is 9.81. The number of amides is 4. The van der Waals surface area contributed by atoms with E-state index < -0.39 is 29.8 Å². The molecule has 0 aromatic heterocycles. The highest BCUT2D eigenvalue weighted by atomic mass is 16.5. The molecule has 3 aliphatic heterocycles. The molecule has 0 spiro atoms. The molecule has 0 aliphatic carbocycles. The molecule has 10 heteroatoms. The molecule has 2 bridgehead atoms. The molecule has 3 fully saturated rings. The van der Waals surface area contributed by atoms with E-state index in [0.29, 0.717) is 0 Å². The van der Waals surface area contributed by atoms with E-state index in [1.54, 1.807) is 0 Å². The number of imide groups is 1. The molecule has 4 amide bonds. The number of rotatable bonds is 8. The number of carbonyl (C=O) groups excluding carboxylic acids is 4. The molecule has 0 aromatic carbocycles. The summed E-state index contributed by atoms with van der Waals surface area (Å²) in [5.74, 6) is -3.44. The van der Waals surface area contributed by atoms with E-state index in [9.17, 15) is 29.1 Å². The molecule has 3 rings (SSSR count). The quantitative estimate of drug-likeness (QED) is 0.502. The lowest BCUT2D eigenvalue weighted by Crippen LogP contribution is -2.48. The molecule has 2 N–H and O–H groups in total. The van der Waals surface area contributed by atoms with E-state index in [1.807, 2.05) is 0 Å². The highest BCUT2D eigenvalue weighted by Gasteiger charge is 2.62. The summed E-state index contributed by atoms with van der Waals surface area (Å²) >= 11 is 0. The molecule has 3 aliphatic rings. The van der Waals surface area contributed by atoms with E-state index in [4.69, 9.17) is 4.74 Å². The van der Waals surface area contributed by atoms with Crippen LogP contribution >= 0.6 is 0 Å². The summed E-state index contributed by atoms with van der Waals surface area (Å²) < 4.78 is 5.67. The molecule has 0 aromatic rings. The first-order chi connectivity index (χ1) is 13.2. The Labute approximate surface area is 162 Å². The van der Waals surface area contributed by atoms with Crippen LogP contribution in [-0.2, 0) is 28.7 Å². The van der Waals surface area contributed by atoms with Gasteiger partial charge in [-0.15, -0.1) is 0 Å². The van der Waals surface area contributed by atoms with Crippen molar-refractivity contribution >= 4 is 29.6 Å². The molecule has 28 heavy (non-hydrogen) atoms. The number of ether oxygens (including phenoxy) is 1. The molecule has 154 valence electrons. The summed E-state index contributed by atoms with van der Waals surface area (Å²) in [6.07, 6.45) is 0.946. The van der Waals surface area contributed by atoms with E-state index in [-0.39, 0.29) is 56.0 Å². The van der Waals surface area contributed by atoms with E-state index >= 15 is 0 Å². The van der Waals surface area contributed by atoms with Crippen LogP contribution in [-0.4, -0.2) is 82.4 Å². The van der Waals surface area contributed by atoms with Crippen LogP contribution in [0.15, 0.2) is 0 Å². The van der Waals surface area contributed by atoms with Gasteiger partial charge in [-0.1, -0.05) is 0 Å². The third kappa shape index (κ3) is 3.60. The van der Waals surface area contributed by atoms with Gasteiger partial charge in [0.1, 0.15) is 6.04 Å². The summed E-state index contributed by atoms with van der Waals surface area (Å²) in [5.41, 5.74) is 0. The third-order valence-electron chi connectivity index (χ3n) is 5.80. The lowest BCUT2D eigenvalue weighted by Gasteiger charge is -2.27. The van der Waals surface area contributed by atoms with Crippen molar-refractivity contribution < 1.29 is 33.8 Å². The molecule has 3 heterocycles. The second-order valence-electron chi connectivity index (χ2n) is 7.50. The molecule has 5 atom stereocenters. The Kier molecular flexibility index (Phi) is 5.69. The Morgan fingerprint density at radius 2 is 1.79 bits per heavy atom. The minimum Gasteiger partial charge on any atom is -0.480 e. The summed E-state index contributed by atoms with van der Waals surface area (Å²) in [6.45, 7) is 2.76. The largest absolute Gasteiger partial charge is 0.480 e. The highest BCUT2D eigenvalue weighted by molar-refractivity contribution is 6.06. The summed E-state index contributed by atoms with van der Waals surface area (Å²) in [4.78, 5) is 62.4. The first kappa shape index (κ1) is 20.2. The molecule has 5 unspecified atom stereocenters. The average Bonchev–Trinajstić information content (AvgIpc) is 3.30. The van der Waals surface area contributed by atoms with Crippen LogP contribution in [0.3, 0.4) is 0 Å². The second-order valence-corrected chi connectivity index (χ2v) is 7.50. The van der Waals surface area contributed by atoms with Gasteiger partial charge in [-0.05, 0) is 19.8 Å². The van der Waals surface area contributed by atoms with Gasteiger partial charge in [0, 0.05) is 33.0 Å². The van der Waals surface area contributed by atoms with Crippen molar-refractivity contribution in [2.75, 3.05) is 19.6 Å². The molecular weight excluding hydrogens is 370 g/mol. The van der Waals surface area contributed by atoms with Crippen molar-refractivity contribution in [1.82, 2.24) is 15.1 Å². The van der Waals surface area contributed by atoms with Gasteiger partial charge in [0.05, 0.1) is 24.0 Å². The predicted molar refractivity (Wildman–Crippen MR) is 93.7 cm³/mol. The van der Waals surface area contributed by atoms with Crippen LogP contribution in [0.25, 0.3) is 0 Å².